The van der Waals surface area contributed by atoms with Gasteiger partial charge in [-0.25, -0.2) is 0 Å². The van der Waals surface area contributed by atoms with Crippen molar-refractivity contribution < 1.29 is 67.1 Å². The lowest BCUT2D eigenvalue weighted by Gasteiger charge is -2.61. The first-order chi connectivity index (χ1) is 10.4. The normalized spacial score (nSPS) is 48.5. The Morgan fingerprint density at radius 3 is 1.92 bits per heavy atom. The Labute approximate surface area is 188 Å². The molecule has 1 saturated heterocycles. The monoisotopic (exact) mass is 580 g/mol. The number of rotatable bonds is 4. The van der Waals surface area contributed by atoms with E-state index in [0.717, 1.165) is 28.4 Å². The first-order valence-corrected chi connectivity index (χ1v) is 9.40. The molecule has 4 nitrogen and oxygen atoms in total. The van der Waals surface area contributed by atoms with Crippen molar-refractivity contribution in [2.75, 3.05) is 54.4 Å². The second-order valence-electron chi connectivity index (χ2n) is 10.7. The molecular weight excluding hydrogens is 542 g/mol. The fourth-order valence-corrected chi connectivity index (χ4v) is 6.15. The number of aliphatic hydroxyl groups excluding tert-OH is 2. The smallest absolute Gasteiger partial charge is 0.0839 e. The van der Waals surface area contributed by atoms with Crippen LogP contribution >= 0.6 is 0 Å². The molecule has 0 amide bonds. The third kappa shape index (κ3) is 4.18. The molecule has 150 valence electrons. The largest absolute Gasteiger partial charge is 1.00 e. The molecule has 4 aliphatic rings. The average Bonchev–Trinajstić information content (AvgIpc) is 2.73. The number of likely N-dealkylation sites (tertiary alicyclic amines) is 1. The second kappa shape index (κ2) is 7.61. The van der Waals surface area contributed by atoms with E-state index in [-0.39, 0.29) is 71.0 Å². The van der Waals surface area contributed by atoms with Crippen LogP contribution in [0.2, 0.25) is 0 Å². The van der Waals surface area contributed by atoms with Gasteiger partial charge in [-0.05, 0) is 18.3 Å². The first-order valence-electron chi connectivity index (χ1n) is 9.40. The molecule has 1 heterocycles. The van der Waals surface area contributed by atoms with Crippen molar-refractivity contribution in [3.63, 3.8) is 0 Å². The zero-order valence-electron chi connectivity index (χ0n) is 16.8. The molecule has 0 radical (unpaired) electrons. The Morgan fingerprint density at radius 2 is 1.44 bits per heavy atom. The van der Waals surface area contributed by atoms with E-state index in [2.05, 4.69) is 42.0 Å². The number of hydrogen-bond acceptors (Lipinski definition) is 2. The highest BCUT2D eigenvalue weighted by molar-refractivity contribution is 5.14. The van der Waals surface area contributed by atoms with E-state index in [9.17, 15) is 10.2 Å². The molecule has 25 heavy (non-hydrogen) atoms. The summed E-state index contributed by atoms with van der Waals surface area (Å²) >= 11 is 0. The van der Waals surface area contributed by atoms with Crippen LogP contribution in [0.4, 0.5) is 0 Å². The number of nitrogens with zero attached hydrogens (tertiary/aromatic N) is 2. The second-order valence-corrected chi connectivity index (χ2v) is 10.7. The Morgan fingerprint density at radius 1 is 0.960 bits per heavy atom. The van der Waals surface area contributed by atoms with Gasteiger partial charge in [0.15, 0.2) is 0 Å². The van der Waals surface area contributed by atoms with Gasteiger partial charge in [0.1, 0.15) is 0 Å². The molecular formula is C19H38I2N2O2. The van der Waals surface area contributed by atoms with Crippen LogP contribution in [0, 0.1) is 22.7 Å². The minimum Gasteiger partial charge on any atom is -1.00 e. The van der Waals surface area contributed by atoms with Gasteiger partial charge >= 0.3 is 0 Å². The molecule has 1 aliphatic heterocycles. The van der Waals surface area contributed by atoms with E-state index in [1.54, 1.807) is 0 Å². The fraction of sp³-hybridized carbons (Fsp3) is 1.00. The summed E-state index contributed by atoms with van der Waals surface area (Å²) < 4.78 is 2.15. The molecule has 3 aliphatic carbocycles. The summed E-state index contributed by atoms with van der Waals surface area (Å²) in [6.07, 6.45) is 2.32. The lowest BCUT2D eigenvalue weighted by atomic mass is 9.44. The van der Waals surface area contributed by atoms with Gasteiger partial charge in [0.2, 0.25) is 0 Å². The van der Waals surface area contributed by atoms with E-state index in [1.165, 1.54) is 26.1 Å². The van der Waals surface area contributed by atoms with Crippen LogP contribution in [0.15, 0.2) is 0 Å². The third-order valence-electron chi connectivity index (χ3n) is 7.74. The molecule has 6 heteroatoms. The minimum atomic E-state index is -0.338. The van der Waals surface area contributed by atoms with E-state index in [4.69, 9.17) is 0 Å². The highest BCUT2D eigenvalue weighted by atomic mass is 127. The standard InChI is InChI=1S/C19H38N2O2.2HI/c1-18-10-16(22)19(2,17(23)11-18)15-13-21(6,12-14(15)18)9-7-8-20(3,4)5;;/h14-17,22-23H,7-13H2,1-6H3;2*1H/q+2;;/p-2. The average molecular weight is 580 g/mol. The predicted molar refractivity (Wildman–Crippen MR) is 92.7 cm³/mol. The van der Waals surface area contributed by atoms with Crippen LogP contribution in [-0.2, 0) is 0 Å². The van der Waals surface area contributed by atoms with Crippen molar-refractivity contribution >= 4 is 0 Å². The number of halogens is 2. The van der Waals surface area contributed by atoms with Gasteiger partial charge < -0.3 is 67.1 Å². The van der Waals surface area contributed by atoms with Crippen LogP contribution in [0.25, 0.3) is 0 Å². The maximum atomic E-state index is 10.7. The Bertz CT molecular complexity index is 471. The molecule has 0 aromatic carbocycles. The van der Waals surface area contributed by atoms with E-state index >= 15 is 0 Å². The predicted octanol–water partition coefficient (Wildman–Crippen LogP) is -4.67. The van der Waals surface area contributed by atoms with Crippen LogP contribution in [0.3, 0.4) is 0 Å². The molecule has 4 fully saturated rings. The van der Waals surface area contributed by atoms with Crippen molar-refractivity contribution in [1.29, 1.82) is 0 Å². The van der Waals surface area contributed by atoms with E-state index in [1.807, 2.05) is 0 Å². The van der Waals surface area contributed by atoms with E-state index in [0.29, 0.717) is 11.8 Å². The number of hydrogen-bond donors (Lipinski definition) is 2. The van der Waals surface area contributed by atoms with Crippen LogP contribution in [0.1, 0.15) is 33.1 Å². The highest BCUT2D eigenvalue weighted by Gasteiger charge is 2.69. The van der Waals surface area contributed by atoms with Gasteiger partial charge in [0, 0.05) is 23.7 Å². The number of quaternary nitrogens is 2. The maximum absolute atomic E-state index is 10.7. The maximum Gasteiger partial charge on any atom is 0.0839 e. The molecule has 5 atom stereocenters. The summed E-state index contributed by atoms with van der Waals surface area (Å²) in [4.78, 5) is 0. The van der Waals surface area contributed by atoms with Gasteiger partial charge in [-0.1, -0.05) is 13.8 Å². The zero-order chi connectivity index (χ0) is 17.3. The van der Waals surface area contributed by atoms with Gasteiger partial charge in [-0.2, -0.15) is 0 Å². The van der Waals surface area contributed by atoms with Crippen molar-refractivity contribution in [2.24, 2.45) is 22.7 Å². The SMILES string of the molecule is CC12CC(O)C(C)(C(O)C1)C1C[N+](C)(CCC[N+](C)(C)C)CC12.[I-].[I-]. The lowest BCUT2D eigenvalue weighted by molar-refractivity contribution is -0.910. The van der Waals surface area contributed by atoms with Crippen molar-refractivity contribution in [3.8, 4) is 0 Å². The molecule has 0 aromatic heterocycles. The summed E-state index contributed by atoms with van der Waals surface area (Å²) in [5, 5.41) is 21.4. The Kier molecular flexibility index (Phi) is 7.41. The third-order valence-corrected chi connectivity index (χ3v) is 7.74. The first kappa shape index (κ1) is 24.3. The quantitative estimate of drug-likeness (QED) is 0.260. The molecule has 4 rings (SSSR count). The zero-order valence-corrected chi connectivity index (χ0v) is 21.1. The molecule has 2 bridgehead atoms. The van der Waals surface area contributed by atoms with Crippen LogP contribution in [0.5, 0.6) is 0 Å². The molecule has 0 aromatic rings. The van der Waals surface area contributed by atoms with Gasteiger partial charge in [0.05, 0.1) is 66.6 Å². The van der Waals surface area contributed by atoms with Crippen LogP contribution < -0.4 is 48.0 Å². The number of aliphatic hydroxyl groups is 2. The van der Waals surface area contributed by atoms with Gasteiger partial charge in [-0.3, -0.25) is 0 Å². The topological polar surface area (TPSA) is 40.5 Å². The summed E-state index contributed by atoms with van der Waals surface area (Å²) in [6.45, 7) is 9.26. The molecule has 5 unspecified atom stereocenters. The Balaban J connectivity index is 0.00000156. The van der Waals surface area contributed by atoms with Gasteiger partial charge in [0.25, 0.3) is 0 Å². The lowest BCUT2D eigenvalue weighted by Crippen LogP contribution is -3.00. The molecule has 2 N–H and O–H groups in total. The Hall–Kier alpha value is 1.30. The summed E-state index contributed by atoms with van der Waals surface area (Å²) in [5.74, 6) is 1.13. The fourth-order valence-electron chi connectivity index (χ4n) is 6.15. The van der Waals surface area contributed by atoms with Gasteiger partial charge in [-0.15, -0.1) is 0 Å². The summed E-state index contributed by atoms with van der Waals surface area (Å²) in [6, 6.07) is 0. The summed E-state index contributed by atoms with van der Waals surface area (Å²) in [5.41, 5.74) is -0.171. The minimum absolute atomic E-state index is 0. The number of fused-ring (bicyclic) bond motifs is 2. The van der Waals surface area contributed by atoms with Crippen molar-refractivity contribution in [2.45, 2.75) is 45.3 Å². The van der Waals surface area contributed by atoms with Crippen molar-refractivity contribution in [1.82, 2.24) is 0 Å². The molecule has 3 saturated carbocycles. The summed E-state index contributed by atoms with van der Waals surface area (Å²) in [7, 11) is 9.19. The molecule has 0 spiro atoms. The van der Waals surface area contributed by atoms with Crippen LogP contribution in [-0.4, -0.2) is 85.8 Å². The van der Waals surface area contributed by atoms with E-state index < -0.39 is 0 Å². The highest BCUT2D eigenvalue weighted by Crippen LogP contribution is 2.65. The van der Waals surface area contributed by atoms with Crippen molar-refractivity contribution in [3.05, 3.63) is 0 Å².